The van der Waals surface area contributed by atoms with Gasteiger partial charge in [0.25, 0.3) is 5.69 Å². The Balaban J connectivity index is 1.83. The van der Waals surface area contributed by atoms with Crippen LogP contribution in [0.1, 0.15) is 19.7 Å². The van der Waals surface area contributed by atoms with Crippen molar-refractivity contribution in [3.8, 4) is 0 Å². The minimum absolute atomic E-state index is 0.0932. The quantitative estimate of drug-likeness (QED) is 0.494. The monoisotopic (exact) mass is 375 g/mol. The van der Waals surface area contributed by atoms with Gasteiger partial charge in [-0.25, -0.2) is 4.98 Å². The summed E-state index contributed by atoms with van der Waals surface area (Å²) >= 11 is 0. The summed E-state index contributed by atoms with van der Waals surface area (Å²) in [5.41, 5.74) is 1.78. The van der Waals surface area contributed by atoms with Crippen molar-refractivity contribution in [3.63, 3.8) is 0 Å². The van der Waals surface area contributed by atoms with E-state index in [0.717, 1.165) is 76.8 Å². The summed E-state index contributed by atoms with van der Waals surface area (Å²) in [5.74, 6) is 1.00. The topological polar surface area (TPSA) is 76.7 Å². The first-order chi connectivity index (χ1) is 13.1. The van der Waals surface area contributed by atoms with Crippen LogP contribution < -0.4 is 0 Å². The summed E-state index contributed by atoms with van der Waals surface area (Å²) in [6.45, 7) is 12.5. The lowest BCUT2D eigenvalue weighted by Crippen LogP contribution is -2.37. The van der Waals surface area contributed by atoms with Gasteiger partial charge in [0.05, 0.1) is 29.2 Å². The predicted octanol–water partition coefficient (Wildman–Crippen LogP) is 2.16. The Kier molecular flexibility index (Phi) is 6.76. The second kappa shape index (κ2) is 9.25. The molecule has 0 N–H and O–H groups in total. The van der Waals surface area contributed by atoms with E-state index < -0.39 is 0 Å². The molecule has 0 atom stereocenters. The van der Waals surface area contributed by atoms with Crippen LogP contribution in [0.3, 0.4) is 0 Å². The smallest absolute Gasteiger partial charge is 0.271 e. The first kappa shape index (κ1) is 19.7. The number of benzene rings is 1. The average Bonchev–Trinajstić information content (AvgIpc) is 3.04. The number of imidazole rings is 1. The first-order valence-electron chi connectivity index (χ1n) is 9.78. The number of hydrogen-bond donors (Lipinski definition) is 0. The molecule has 1 fully saturated rings. The van der Waals surface area contributed by atoms with Gasteiger partial charge in [-0.15, -0.1) is 0 Å². The molecular weight excluding hydrogens is 346 g/mol. The molecule has 0 aliphatic carbocycles. The maximum atomic E-state index is 11.1. The highest BCUT2D eigenvalue weighted by Gasteiger charge is 2.17. The number of hydrogen-bond acceptors (Lipinski definition) is 6. The Bertz CT molecular complexity index is 766. The van der Waals surface area contributed by atoms with E-state index in [1.54, 1.807) is 12.1 Å². The van der Waals surface area contributed by atoms with E-state index in [2.05, 4.69) is 28.2 Å². The van der Waals surface area contributed by atoms with Gasteiger partial charge in [0, 0.05) is 51.3 Å². The molecule has 1 aliphatic heterocycles. The van der Waals surface area contributed by atoms with Crippen molar-refractivity contribution < 1.29 is 9.66 Å². The number of non-ortho nitro benzene ring substituents is 1. The van der Waals surface area contributed by atoms with Crippen LogP contribution in [0.4, 0.5) is 5.69 Å². The highest BCUT2D eigenvalue weighted by molar-refractivity contribution is 5.78. The number of nitro groups is 1. The molecule has 0 spiro atoms. The van der Waals surface area contributed by atoms with Crippen molar-refractivity contribution in [2.45, 2.75) is 26.8 Å². The van der Waals surface area contributed by atoms with E-state index in [0.29, 0.717) is 5.52 Å². The number of morpholine rings is 1. The van der Waals surface area contributed by atoms with E-state index in [1.807, 2.05) is 6.07 Å². The zero-order chi connectivity index (χ0) is 19.2. The summed E-state index contributed by atoms with van der Waals surface area (Å²) in [5, 5.41) is 11.1. The maximum Gasteiger partial charge on any atom is 0.271 e. The van der Waals surface area contributed by atoms with Crippen molar-refractivity contribution in [3.05, 3.63) is 34.1 Å². The Morgan fingerprint density at radius 2 is 1.96 bits per heavy atom. The minimum atomic E-state index is -0.359. The van der Waals surface area contributed by atoms with Crippen LogP contribution >= 0.6 is 0 Å². The van der Waals surface area contributed by atoms with E-state index >= 15 is 0 Å². The number of ether oxygens (including phenoxy) is 1. The summed E-state index contributed by atoms with van der Waals surface area (Å²) in [6, 6.07) is 4.99. The molecule has 0 unspecified atom stereocenters. The third kappa shape index (κ3) is 4.82. The molecule has 1 saturated heterocycles. The summed E-state index contributed by atoms with van der Waals surface area (Å²) in [6.07, 6.45) is 0.834. The Morgan fingerprint density at radius 1 is 1.22 bits per heavy atom. The molecule has 3 rings (SSSR count). The van der Waals surface area contributed by atoms with Crippen LogP contribution in [0.2, 0.25) is 0 Å². The van der Waals surface area contributed by atoms with E-state index in [-0.39, 0.29) is 10.6 Å². The van der Waals surface area contributed by atoms with Gasteiger partial charge >= 0.3 is 0 Å². The third-order valence-electron chi connectivity index (χ3n) is 5.31. The molecule has 27 heavy (non-hydrogen) atoms. The number of nitro benzene ring substituents is 1. The molecule has 1 aromatic heterocycles. The lowest BCUT2D eigenvalue weighted by Gasteiger charge is -2.26. The highest BCUT2D eigenvalue weighted by Crippen LogP contribution is 2.22. The van der Waals surface area contributed by atoms with Crippen molar-refractivity contribution in [1.82, 2.24) is 19.4 Å². The molecule has 0 bridgehead atoms. The van der Waals surface area contributed by atoms with Crippen molar-refractivity contribution in [2.75, 3.05) is 52.5 Å². The normalized spacial score (nSPS) is 15.7. The molecule has 8 heteroatoms. The van der Waals surface area contributed by atoms with Crippen LogP contribution in [0.5, 0.6) is 0 Å². The van der Waals surface area contributed by atoms with Gasteiger partial charge in [-0.3, -0.25) is 15.0 Å². The van der Waals surface area contributed by atoms with Crippen molar-refractivity contribution in [2.24, 2.45) is 0 Å². The predicted molar refractivity (Wildman–Crippen MR) is 105 cm³/mol. The second-order valence-corrected chi connectivity index (χ2v) is 6.84. The van der Waals surface area contributed by atoms with E-state index in [1.165, 1.54) is 0 Å². The molecule has 2 aromatic rings. The molecule has 148 valence electrons. The van der Waals surface area contributed by atoms with E-state index in [9.17, 15) is 10.1 Å². The molecule has 1 aliphatic rings. The summed E-state index contributed by atoms with van der Waals surface area (Å²) in [7, 11) is 0. The van der Waals surface area contributed by atoms with Crippen molar-refractivity contribution >= 4 is 16.7 Å². The Morgan fingerprint density at radius 3 is 2.63 bits per heavy atom. The number of nitrogens with zero attached hydrogens (tertiary/aromatic N) is 5. The largest absolute Gasteiger partial charge is 0.379 e. The summed E-state index contributed by atoms with van der Waals surface area (Å²) < 4.78 is 7.65. The second-order valence-electron chi connectivity index (χ2n) is 6.84. The Hall–Kier alpha value is -2.03. The van der Waals surface area contributed by atoms with Gasteiger partial charge in [0.2, 0.25) is 0 Å². The average molecular weight is 375 g/mol. The van der Waals surface area contributed by atoms with Crippen LogP contribution in [-0.4, -0.2) is 76.8 Å². The van der Waals surface area contributed by atoms with Gasteiger partial charge in [-0.1, -0.05) is 13.8 Å². The zero-order valence-corrected chi connectivity index (χ0v) is 16.3. The van der Waals surface area contributed by atoms with Gasteiger partial charge in [0.15, 0.2) is 0 Å². The summed E-state index contributed by atoms with van der Waals surface area (Å²) in [4.78, 5) is 20.3. The number of likely N-dealkylation sites (N-methyl/N-ethyl adjacent to an activating group) is 1. The van der Waals surface area contributed by atoms with Crippen LogP contribution in [-0.2, 0) is 17.7 Å². The minimum Gasteiger partial charge on any atom is -0.379 e. The van der Waals surface area contributed by atoms with Crippen LogP contribution in [0.15, 0.2) is 18.2 Å². The molecule has 2 heterocycles. The molecule has 1 aromatic carbocycles. The highest BCUT2D eigenvalue weighted by atomic mass is 16.6. The van der Waals surface area contributed by atoms with Gasteiger partial charge in [0.1, 0.15) is 5.82 Å². The fourth-order valence-electron chi connectivity index (χ4n) is 3.59. The maximum absolute atomic E-state index is 11.1. The Labute approximate surface area is 159 Å². The lowest BCUT2D eigenvalue weighted by molar-refractivity contribution is -0.384. The van der Waals surface area contributed by atoms with Gasteiger partial charge < -0.3 is 14.2 Å². The number of aromatic nitrogens is 2. The van der Waals surface area contributed by atoms with E-state index in [4.69, 9.17) is 9.72 Å². The van der Waals surface area contributed by atoms with Gasteiger partial charge in [-0.2, -0.15) is 0 Å². The standard InChI is InChI=1S/C19H29N5O3/c1-3-21(4-2)9-10-23-18-6-5-16(24(25)26)15-17(18)20-19(23)7-8-22-11-13-27-14-12-22/h5-6,15H,3-4,7-14H2,1-2H3. The lowest BCUT2D eigenvalue weighted by atomic mass is 10.3. The number of fused-ring (bicyclic) bond motifs is 1. The van der Waals surface area contributed by atoms with Crippen LogP contribution in [0.25, 0.3) is 11.0 Å². The number of rotatable bonds is 9. The zero-order valence-electron chi connectivity index (χ0n) is 16.3. The fourth-order valence-corrected chi connectivity index (χ4v) is 3.59. The molecule has 0 amide bonds. The molecule has 8 nitrogen and oxygen atoms in total. The molecular formula is C19H29N5O3. The van der Waals surface area contributed by atoms with Gasteiger partial charge in [-0.05, 0) is 19.2 Å². The molecule has 0 saturated carbocycles. The SMILES string of the molecule is CCN(CC)CCn1c(CCN2CCOCC2)nc2cc([N+](=O)[O-])ccc21. The van der Waals surface area contributed by atoms with Crippen molar-refractivity contribution in [1.29, 1.82) is 0 Å². The molecule has 0 radical (unpaired) electrons. The third-order valence-corrected chi connectivity index (χ3v) is 5.31. The van der Waals surface area contributed by atoms with Crippen LogP contribution in [0, 0.1) is 10.1 Å². The first-order valence-corrected chi connectivity index (χ1v) is 9.78. The fraction of sp³-hybridized carbons (Fsp3) is 0.632.